The van der Waals surface area contributed by atoms with Crippen LogP contribution in [0.1, 0.15) is 46.2 Å². The molecule has 132 valence electrons. The van der Waals surface area contributed by atoms with Crippen molar-refractivity contribution in [2.75, 3.05) is 20.1 Å². The van der Waals surface area contributed by atoms with E-state index in [4.69, 9.17) is 4.98 Å². The van der Waals surface area contributed by atoms with Crippen LogP contribution in [0.4, 0.5) is 0 Å². The lowest BCUT2D eigenvalue weighted by atomic mass is 9.94. The lowest BCUT2D eigenvalue weighted by Gasteiger charge is -2.22. The minimum Gasteiger partial charge on any atom is -0.348 e. The largest absolute Gasteiger partial charge is 0.348 e. The summed E-state index contributed by atoms with van der Waals surface area (Å²) in [6.07, 6.45) is 8.55. The number of rotatable bonds is 2. The van der Waals surface area contributed by atoms with Gasteiger partial charge >= 0.3 is 0 Å². The number of nitrogens with zero attached hydrogens (tertiary/aromatic N) is 2. The molecule has 26 heavy (non-hydrogen) atoms. The van der Waals surface area contributed by atoms with Gasteiger partial charge in [-0.15, -0.1) is 0 Å². The first-order chi connectivity index (χ1) is 12.7. The van der Waals surface area contributed by atoms with E-state index in [1.54, 1.807) is 0 Å². The molecule has 1 amide bonds. The average Bonchev–Trinajstić information content (AvgIpc) is 3.25. The first-order valence-corrected chi connectivity index (χ1v) is 9.18. The minimum atomic E-state index is 0. The van der Waals surface area contributed by atoms with E-state index in [1.807, 2.05) is 12.3 Å². The van der Waals surface area contributed by atoms with Crippen molar-refractivity contribution in [3.8, 4) is 0 Å². The van der Waals surface area contributed by atoms with E-state index in [1.165, 1.54) is 27.8 Å². The predicted molar refractivity (Wildman–Crippen MR) is 105 cm³/mol. The Morgan fingerprint density at radius 3 is 2.92 bits per heavy atom. The first kappa shape index (κ1) is 15.5. The molecule has 0 saturated heterocycles. The van der Waals surface area contributed by atoms with Gasteiger partial charge in [0.05, 0.1) is 5.69 Å². The van der Waals surface area contributed by atoms with E-state index in [-0.39, 0.29) is 7.33 Å². The third-order valence-electron chi connectivity index (χ3n) is 5.64. The Morgan fingerprint density at radius 1 is 1.15 bits per heavy atom. The van der Waals surface area contributed by atoms with Crippen LogP contribution in [0.15, 0.2) is 42.6 Å². The van der Waals surface area contributed by atoms with Gasteiger partial charge in [0.15, 0.2) is 0 Å². The second-order valence-electron chi connectivity index (χ2n) is 7.34. The van der Waals surface area contributed by atoms with E-state index < -0.39 is 0 Å². The van der Waals surface area contributed by atoms with Gasteiger partial charge < -0.3 is 10.2 Å². The summed E-state index contributed by atoms with van der Waals surface area (Å²) in [6, 6.07) is 8.46. The van der Waals surface area contributed by atoms with Gasteiger partial charge in [-0.2, -0.15) is 0 Å². The monoisotopic (exact) mass is 345 g/mol. The molecule has 3 aliphatic rings. The Kier molecular flexibility index (Phi) is 3.54. The topological polar surface area (TPSA) is 45.2 Å². The summed E-state index contributed by atoms with van der Waals surface area (Å²) in [5.41, 5.74) is 9.32. The van der Waals surface area contributed by atoms with Crippen molar-refractivity contribution in [3.05, 3.63) is 76.1 Å². The number of hydrogen-bond donors (Lipinski definition) is 1. The van der Waals surface area contributed by atoms with Gasteiger partial charge in [0.25, 0.3) is 5.91 Å². The molecule has 0 fully saturated rings. The van der Waals surface area contributed by atoms with Crippen LogP contribution in [-0.4, -0.2) is 35.9 Å². The van der Waals surface area contributed by atoms with Crippen molar-refractivity contribution >= 4 is 17.1 Å². The molecule has 0 spiro atoms. The molecule has 0 radical (unpaired) electrons. The molecule has 3 heterocycles. The zero-order valence-electron chi connectivity index (χ0n) is 14.9. The van der Waals surface area contributed by atoms with Crippen molar-refractivity contribution in [2.45, 2.75) is 19.4 Å². The fourth-order valence-corrected chi connectivity index (χ4v) is 4.08. The molecule has 2 aromatic rings. The Morgan fingerprint density at radius 2 is 2.08 bits per heavy atom. The van der Waals surface area contributed by atoms with Crippen LogP contribution in [-0.2, 0) is 13.0 Å². The van der Waals surface area contributed by atoms with Gasteiger partial charge in [-0.1, -0.05) is 18.2 Å². The van der Waals surface area contributed by atoms with Gasteiger partial charge in [0.1, 0.15) is 0 Å². The van der Waals surface area contributed by atoms with Crippen molar-refractivity contribution in [1.82, 2.24) is 15.2 Å². The summed E-state index contributed by atoms with van der Waals surface area (Å²) < 4.78 is 0. The van der Waals surface area contributed by atoms with Crippen molar-refractivity contribution < 1.29 is 6.22 Å². The molecule has 2 aliphatic heterocycles. The highest BCUT2D eigenvalue weighted by Crippen LogP contribution is 2.35. The number of aromatic nitrogens is 1. The van der Waals surface area contributed by atoms with Crippen molar-refractivity contribution in [3.63, 3.8) is 0 Å². The third kappa shape index (κ3) is 2.49. The third-order valence-corrected chi connectivity index (χ3v) is 5.64. The van der Waals surface area contributed by atoms with E-state index in [0.717, 1.165) is 42.8 Å². The molecule has 1 aliphatic carbocycles. The standard InChI is InChI=1S/C22H21N3O.H2/c1-25-8-6-14(7-9-25)16-11-20-18(4-5-21(20)23-12-16)15-2-3-19-17(10-15)13-24-22(19)26;/h2-4,6,10-12H,5,7-9,13H2,1H3,(H,24,26);1H. The second kappa shape index (κ2) is 5.92. The number of pyridine rings is 1. The maximum Gasteiger partial charge on any atom is 0.251 e. The summed E-state index contributed by atoms with van der Waals surface area (Å²) in [5.74, 6) is 0.0329. The molecule has 4 nitrogen and oxygen atoms in total. The molecule has 0 atom stereocenters. The number of amides is 1. The highest BCUT2D eigenvalue weighted by Gasteiger charge is 2.23. The van der Waals surface area contributed by atoms with Gasteiger partial charge in [-0.3, -0.25) is 9.78 Å². The number of allylic oxidation sites excluding steroid dienone is 1. The quantitative estimate of drug-likeness (QED) is 0.908. The number of nitrogens with one attached hydrogen (secondary N) is 1. The zero-order valence-corrected chi connectivity index (χ0v) is 14.9. The molecule has 1 aromatic heterocycles. The van der Waals surface area contributed by atoms with Gasteiger partial charge in [0, 0.05) is 44.8 Å². The molecule has 0 bridgehead atoms. The van der Waals surface area contributed by atoms with Crippen LogP contribution < -0.4 is 5.32 Å². The number of hydrogen-bond acceptors (Lipinski definition) is 3. The summed E-state index contributed by atoms with van der Waals surface area (Å²) >= 11 is 0. The maximum absolute atomic E-state index is 11.8. The van der Waals surface area contributed by atoms with Gasteiger partial charge in [-0.25, -0.2) is 0 Å². The number of benzene rings is 1. The molecule has 1 aromatic carbocycles. The van der Waals surface area contributed by atoms with Gasteiger partial charge in [0.2, 0.25) is 0 Å². The Labute approximate surface area is 154 Å². The molecular formula is C22H23N3O. The predicted octanol–water partition coefficient (Wildman–Crippen LogP) is 3.28. The number of fused-ring (bicyclic) bond motifs is 2. The Bertz CT molecular complexity index is 993. The molecule has 5 rings (SSSR count). The lowest BCUT2D eigenvalue weighted by Crippen LogP contribution is -2.23. The first-order valence-electron chi connectivity index (χ1n) is 9.18. The average molecular weight is 345 g/mol. The van der Waals surface area contributed by atoms with Crippen molar-refractivity contribution in [2.24, 2.45) is 0 Å². The number of carbonyl (C=O) groups is 1. The fraction of sp³-hybridized carbons (Fsp3) is 0.273. The van der Waals surface area contributed by atoms with Crippen LogP contribution in [0.25, 0.3) is 11.1 Å². The van der Waals surface area contributed by atoms with E-state index in [2.05, 4.69) is 47.6 Å². The summed E-state index contributed by atoms with van der Waals surface area (Å²) in [5, 5.41) is 2.90. The fourth-order valence-electron chi connectivity index (χ4n) is 4.08. The lowest BCUT2D eigenvalue weighted by molar-refractivity contribution is 0.0966. The normalized spacial score (nSPS) is 18.9. The summed E-state index contributed by atoms with van der Waals surface area (Å²) in [4.78, 5) is 18.9. The second-order valence-corrected chi connectivity index (χ2v) is 7.34. The molecular weight excluding hydrogens is 322 g/mol. The van der Waals surface area contributed by atoms with Crippen LogP contribution >= 0.6 is 0 Å². The van der Waals surface area contributed by atoms with Crippen molar-refractivity contribution in [1.29, 1.82) is 0 Å². The number of carbonyl (C=O) groups excluding carboxylic acids is 1. The Hall–Kier alpha value is -2.72. The van der Waals surface area contributed by atoms with Crippen LogP contribution in [0.2, 0.25) is 0 Å². The van der Waals surface area contributed by atoms with Crippen LogP contribution in [0, 0.1) is 0 Å². The molecule has 0 unspecified atom stereocenters. The van der Waals surface area contributed by atoms with E-state index >= 15 is 0 Å². The van der Waals surface area contributed by atoms with Crippen LogP contribution in [0.3, 0.4) is 0 Å². The highest BCUT2D eigenvalue weighted by molar-refractivity contribution is 5.99. The molecule has 1 N–H and O–H groups in total. The zero-order chi connectivity index (χ0) is 17.7. The highest BCUT2D eigenvalue weighted by atomic mass is 16.1. The van der Waals surface area contributed by atoms with E-state index in [9.17, 15) is 4.79 Å². The Balaban J connectivity index is 0.00000180. The maximum atomic E-state index is 11.8. The summed E-state index contributed by atoms with van der Waals surface area (Å²) in [6.45, 7) is 2.72. The smallest absolute Gasteiger partial charge is 0.251 e. The SMILES string of the molecule is CN1CC=C(c2cnc3c(c2)C(c2ccc4c(c2)CNC4=O)=CC3)CC1.[HH]. The van der Waals surface area contributed by atoms with Crippen LogP contribution in [0.5, 0.6) is 0 Å². The van der Waals surface area contributed by atoms with Gasteiger partial charge in [-0.05, 0) is 59.5 Å². The summed E-state index contributed by atoms with van der Waals surface area (Å²) in [7, 11) is 2.16. The molecule has 0 saturated carbocycles. The minimum absolute atomic E-state index is 0. The molecule has 4 heteroatoms. The van der Waals surface area contributed by atoms with E-state index in [0.29, 0.717) is 6.54 Å². The number of likely N-dealkylation sites (N-methyl/N-ethyl adjacent to an activating group) is 1.